The largest absolute Gasteiger partial charge is 0.356 e. The Balaban J connectivity index is 0.00000300. The van der Waals surface area contributed by atoms with E-state index < -0.39 is 0 Å². The maximum Gasteiger partial charge on any atom is 0.227 e. The molecule has 2 fully saturated rings. The van der Waals surface area contributed by atoms with Gasteiger partial charge in [0.1, 0.15) is 0 Å². The van der Waals surface area contributed by atoms with Gasteiger partial charge in [-0.05, 0) is 68.9 Å². The Bertz CT molecular complexity index is 656. The number of carbonyl (C=O) groups is 1. The van der Waals surface area contributed by atoms with Crippen molar-refractivity contribution in [1.29, 1.82) is 0 Å². The highest BCUT2D eigenvalue weighted by molar-refractivity contribution is 14.0. The molecular weight excluding hydrogens is 477 g/mol. The van der Waals surface area contributed by atoms with E-state index >= 15 is 0 Å². The van der Waals surface area contributed by atoms with Gasteiger partial charge < -0.3 is 20.4 Å². The topological polar surface area (TPSA) is 60.0 Å². The van der Waals surface area contributed by atoms with Crippen molar-refractivity contribution < 1.29 is 4.79 Å². The first kappa shape index (κ1) is 23.9. The van der Waals surface area contributed by atoms with Crippen LogP contribution in [0.25, 0.3) is 0 Å². The minimum Gasteiger partial charge on any atom is -0.356 e. The van der Waals surface area contributed by atoms with Crippen LogP contribution in [0.1, 0.15) is 44.6 Å². The average Bonchev–Trinajstić information content (AvgIpc) is 3.15. The fraction of sp³-hybridized carbons (Fsp3) is 0.636. The van der Waals surface area contributed by atoms with E-state index in [-0.39, 0.29) is 29.9 Å². The number of carbonyl (C=O) groups excluding carboxylic acids is 1. The molecule has 2 heterocycles. The van der Waals surface area contributed by atoms with Gasteiger partial charge in [-0.1, -0.05) is 19.1 Å². The number of hydrogen-bond donors (Lipinski definition) is 2. The number of hydrogen-bond acceptors (Lipinski definition) is 3. The molecule has 2 saturated heterocycles. The van der Waals surface area contributed by atoms with Crippen LogP contribution in [0.4, 0.5) is 5.69 Å². The number of halogens is 1. The minimum atomic E-state index is 0. The van der Waals surface area contributed by atoms with Gasteiger partial charge in [-0.15, -0.1) is 24.0 Å². The number of amides is 1. The number of likely N-dealkylation sites (tertiary alicyclic amines) is 1. The summed E-state index contributed by atoms with van der Waals surface area (Å²) in [6.07, 6.45) is 5.43. The number of anilines is 1. The number of nitrogens with one attached hydrogen (secondary N) is 2. The molecule has 2 N–H and O–H groups in total. The molecule has 0 aromatic heterocycles. The summed E-state index contributed by atoms with van der Waals surface area (Å²) in [7, 11) is 1.81. The van der Waals surface area contributed by atoms with Crippen LogP contribution in [0.3, 0.4) is 0 Å². The molecule has 0 spiro atoms. The molecule has 162 valence electrons. The van der Waals surface area contributed by atoms with E-state index in [1.165, 1.54) is 31.5 Å². The van der Waals surface area contributed by atoms with Gasteiger partial charge in [0, 0.05) is 38.8 Å². The highest BCUT2D eigenvalue weighted by atomic mass is 127. The van der Waals surface area contributed by atoms with Gasteiger partial charge in [0.2, 0.25) is 5.91 Å². The molecule has 2 aliphatic heterocycles. The molecular formula is C22H36IN5O. The molecule has 0 atom stereocenters. The Labute approximate surface area is 192 Å². The van der Waals surface area contributed by atoms with Gasteiger partial charge >= 0.3 is 0 Å². The second-order valence-corrected chi connectivity index (χ2v) is 8.05. The van der Waals surface area contributed by atoms with E-state index in [2.05, 4.69) is 39.6 Å². The van der Waals surface area contributed by atoms with Crippen molar-refractivity contribution in [2.24, 2.45) is 10.9 Å². The Kier molecular flexibility index (Phi) is 10.2. The molecule has 0 aliphatic carbocycles. The van der Waals surface area contributed by atoms with Gasteiger partial charge in [0.25, 0.3) is 0 Å². The Morgan fingerprint density at radius 2 is 1.86 bits per heavy atom. The summed E-state index contributed by atoms with van der Waals surface area (Å²) in [5, 5.41) is 6.78. The Hall–Kier alpha value is -1.35. The minimum absolute atomic E-state index is 0. The van der Waals surface area contributed by atoms with Crippen molar-refractivity contribution in [3.63, 3.8) is 0 Å². The molecule has 3 rings (SSSR count). The predicted octanol–water partition coefficient (Wildman–Crippen LogP) is 3.22. The quantitative estimate of drug-likeness (QED) is 0.255. The van der Waals surface area contributed by atoms with E-state index in [1.807, 2.05) is 24.1 Å². The van der Waals surface area contributed by atoms with Gasteiger partial charge in [0.05, 0.1) is 0 Å². The normalized spacial score (nSPS) is 18.6. The molecule has 29 heavy (non-hydrogen) atoms. The summed E-state index contributed by atoms with van der Waals surface area (Å²) in [5.74, 6) is 1.96. The second kappa shape index (κ2) is 12.4. The van der Waals surface area contributed by atoms with Crippen molar-refractivity contribution in [3.8, 4) is 0 Å². The number of aliphatic imine (C=N–C) groups is 1. The smallest absolute Gasteiger partial charge is 0.227 e. The summed E-state index contributed by atoms with van der Waals surface area (Å²) >= 11 is 0. The lowest BCUT2D eigenvalue weighted by Gasteiger charge is -2.30. The molecule has 2 aliphatic rings. The molecule has 0 radical (unpaired) electrons. The van der Waals surface area contributed by atoms with Crippen LogP contribution in [-0.2, 0) is 11.3 Å². The number of piperidine rings is 1. The van der Waals surface area contributed by atoms with E-state index in [4.69, 9.17) is 0 Å². The van der Waals surface area contributed by atoms with Crippen LogP contribution in [0.5, 0.6) is 0 Å². The lowest BCUT2D eigenvalue weighted by Crippen LogP contribution is -2.39. The molecule has 0 unspecified atom stereocenters. The standard InChI is InChI=1S/C22H35N5O.HI/c1-18-10-15-26(16-11-18)13-4-12-24-22(23-2)25-17-19-6-8-20(9-7-19)27-14-3-5-21(27)28;/h6-9,18H,3-5,10-17H2,1-2H3,(H2,23,24,25);1H. The first-order valence-corrected chi connectivity index (χ1v) is 10.7. The highest BCUT2D eigenvalue weighted by Crippen LogP contribution is 2.21. The van der Waals surface area contributed by atoms with Crippen molar-refractivity contribution >= 4 is 41.5 Å². The van der Waals surface area contributed by atoms with Gasteiger partial charge in [-0.3, -0.25) is 9.79 Å². The Morgan fingerprint density at radius 1 is 1.14 bits per heavy atom. The fourth-order valence-corrected chi connectivity index (χ4v) is 3.92. The molecule has 0 bridgehead atoms. The lowest BCUT2D eigenvalue weighted by atomic mass is 9.99. The molecule has 7 heteroatoms. The number of guanidine groups is 1. The Morgan fingerprint density at radius 3 is 2.48 bits per heavy atom. The van der Waals surface area contributed by atoms with Crippen LogP contribution in [0, 0.1) is 5.92 Å². The zero-order valence-corrected chi connectivity index (χ0v) is 20.2. The van der Waals surface area contributed by atoms with Crippen molar-refractivity contribution in [1.82, 2.24) is 15.5 Å². The third-order valence-electron chi connectivity index (χ3n) is 5.82. The van der Waals surface area contributed by atoms with E-state index in [0.717, 1.165) is 56.6 Å². The second-order valence-electron chi connectivity index (χ2n) is 8.05. The third kappa shape index (κ3) is 7.44. The number of rotatable bonds is 7. The molecule has 1 aromatic rings. The monoisotopic (exact) mass is 513 g/mol. The summed E-state index contributed by atoms with van der Waals surface area (Å²) in [6, 6.07) is 8.24. The van der Waals surface area contributed by atoms with E-state index in [1.54, 1.807) is 0 Å². The fourth-order valence-electron chi connectivity index (χ4n) is 3.92. The number of nitrogens with zero attached hydrogens (tertiary/aromatic N) is 3. The summed E-state index contributed by atoms with van der Waals surface area (Å²) in [6.45, 7) is 8.49. The zero-order chi connectivity index (χ0) is 19.8. The van der Waals surface area contributed by atoms with Gasteiger partial charge in [-0.25, -0.2) is 0 Å². The first-order valence-electron chi connectivity index (χ1n) is 10.7. The van der Waals surface area contributed by atoms with E-state index in [9.17, 15) is 4.79 Å². The van der Waals surface area contributed by atoms with Crippen molar-refractivity contribution in [2.45, 2.75) is 45.6 Å². The van der Waals surface area contributed by atoms with Gasteiger partial charge in [-0.2, -0.15) is 0 Å². The van der Waals surface area contributed by atoms with Crippen molar-refractivity contribution in [2.75, 3.05) is 44.7 Å². The SMILES string of the molecule is CN=C(NCCCN1CCC(C)CC1)NCc1ccc(N2CCCC2=O)cc1.I. The predicted molar refractivity (Wildman–Crippen MR) is 131 cm³/mol. The average molecular weight is 513 g/mol. The zero-order valence-electron chi connectivity index (χ0n) is 17.8. The van der Waals surface area contributed by atoms with Crippen LogP contribution in [0.2, 0.25) is 0 Å². The maximum atomic E-state index is 11.8. The van der Waals surface area contributed by atoms with E-state index in [0.29, 0.717) is 6.42 Å². The summed E-state index contributed by atoms with van der Waals surface area (Å²) in [5.41, 5.74) is 2.18. The lowest BCUT2D eigenvalue weighted by molar-refractivity contribution is -0.117. The van der Waals surface area contributed by atoms with Gasteiger partial charge in [0.15, 0.2) is 5.96 Å². The first-order chi connectivity index (χ1) is 13.7. The molecule has 0 saturated carbocycles. The molecule has 1 amide bonds. The van der Waals surface area contributed by atoms with Crippen LogP contribution in [-0.4, -0.2) is 56.5 Å². The van der Waals surface area contributed by atoms with Crippen LogP contribution >= 0.6 is 24.0 Å². The third-order valence-corrected chi connectivity index (χ3v) is 5.82. The van der Waals surface area contributed by atoms with Crippen LogP contribution in [0.15, 0.2) is 29.3 Å². The number of benzene rings is 1. The van der Waals surface area contributed by atoms with Crippen LogP contribution < -0.4 is 15.5 Å². The summed E-state index contributed by atoms with van der Waals surface area (Å²) in [4.78, 5) is 20.6. The molecule has 6 nitrogen and oxygen atoms in total. The maximum absolute atomic E-state index is 11.8. The van der Waals surface area contributed by atoms with Crippen molar-refractivity contribution in [3.05, 3.63) is 29.8 Å². The summed E-state index contributed by atoms with van der Waals surface area (Å²) < 4.78 is 0. The molecule has 1 aromatic carbocycles. The highest BCUT2D eigenvalue weighted by Gasteiger charge is 2.21.